The highest BCUT2D eigenvalue weighted by Crippen LogP contribution is 2.18. The van der Waals surface area contributed by atoms with Crippen LogP contribution in [-0.2, 0) is 7.05 Å². The predicted molar refractivity (Wildman–Crippen MR) is 74.7 cm³/mol. The van der Waals surface area contributed by atoms with E-state index in [0.29, 0.717) is 13.1 Å². The number of rotatable bonds is 5. The molecule has 1 aromatic heterocycles. The zero-order valence-electron chi connectivity index (χ0n) is 11.2. The summed E-state index contributed by atoms with van der Waals surface area (Å²) in [5.41, 5.74) is 7.10. The summed E-state index contributed by atoms with van der Waals surface area (Å²) in [6, 6.07) is 7.63. The minimum atomic E-state index is -0.503. The van der Waals surface area contributed by atoms with E-state index in [2.05, 4.69) is 20.2 Å². The molecule has 2 aromatic rings. The molecule has 102 valence electrons. The molecule has 6 heteroatoms. The predicted octanol–water partition coefficient (Wildman–Crippen LogP) is 0.892. The van der Waals surface area contributed by atoms with Gasteiger partial charge >= 0.3 is 6.03 Å². The molecule has 2 amide bonds. The molecule has 0 aliphatic heterocycles. The van der Waals surface area contributed by atoms with Gasteiger partial charge in [0.15, 0.2) is 0 Å². The van der Waals surface area contributed by atoms with Crippen molar-refractivity contribution in [3.8, 4) is 0 Å². The van der Waals surface area contributed by atoms with E-state index in [4.69, 9.17) is 5.73 Å². The van der Waals surface area contributed by atoms with Crippen LogP contribution in [0.4, 0.5) is 4.79 Å². The number of carbonyl (C=O) groups is 1. The number of aryl methyl sites for hydroxylation is 1. The summed E-state index contributed by atoms with van der Waals surface area (Å²) in [6.07, 6.45) is 0. The zero-order valence-corrected chi connectivity index (χ0v) is 11.2. The number of imidazole rings is 1. The van der Waals surface area contributed by atoms with Crippen molar-refractivity contribution in [1.82, 2.24) is 20.2 Å². The van der Waals surface area contributed by atoms with Gasteiger partial charge in [0.05, 0.1) is 17.1 Å². The fraction of sp³-hybridized carbons (Fsp3) is 0.385. The number of carbonyl (C=O) groups excluding carboxylic acids is 1. The van der Waals surface area contributed by atoms with Crippen LogP contribution in [0.3, 0.4) is 0 Å². The lowest BCUT2D eigenvalue weighted by Crippen LogP contribution is -2.36. The minimum absolute atomic E-state index is 0.104. The van der Waals surface area contributed by atoms with E-state index in [1.807, 2.05) is 38.2 Å². The molecule has 1 heterocycles. The van der Waals surface area contributed by atoms with Gasteiger partial charge in [-0.05, 0) is 19.1 Å². The van der Waals surface area contributed by atoms with Crippen molar-refractivity contribution < 1.29 is 4.79 Å². The quantitative estimate of drug-likeness (QED) is 0.699. The SMILES string of the molecule is CC(NCCNC(N)=O)c1nc2ccccc2n1C. The number of urea groups is 1. The molecular weight excluding hydrogens is 242 g/mol. The Morgan fingerprint density at radius 2 is 2.16 bits per heavy atom. The van der Waals surface area contributed by atoms with Crippen LogP contribution in [0.1, 0.15) is 18.8 Å². The summed E-state index contributed by atoms with van der Waals surface area (Å²) in [6.45, 7) is 3.20. The summed E-state index contributed by atoms with van der Waals surface area (Å²) in [5.74, 6) is 0.972. The van der Waals surface area contributed by atoms with Crippen LogP contribution in [0.5, 0.6) is 0 Å². The number of nitrogens with one attached hydrogen (secondary N) is 2. The lowest BCUT2D eigenvalue weighted by molar-refractivity contribution is 0.249. The number of amides is 2. The molecule has 0 spiro atoms. The molecule has 1 aromatic carbocycles. The molecule has 0 radical (unpaired) electrons. The van der Waals surface area contributed by atoms with Gasteiger partial charge in [0, 0.05) is 20.1 Å². The van der Waals surface area contributed by atoms with Crippen molar-refractivity contribution in [3.05, 3.63) is 30.1 Å². The van der Waals surface area contributed by atoms with Crippen LogP contribution in [0, 0.1) is 0 Å². The fourth-order valence-electron chi connectivity index (χ4n) is 2.12. The molecule has 1 atom stereocenters. The number of benzene rings is 1. The molecule has 1 unspecified atom stereocenters. The van der Waals surface area contributed by atoms with Crippen LogP contribution in [-0.4, -0.2) is 28.7 Å². The molecule has 19 heavy (non-hydrogen) atoms. The minimum Gasteiger partial charge on any atom is -0.352 e. The molecule has 0 fully saturated rings. The summed E-state index contributed by atoms with van der Waals surface area (Å²) in [7, 11) is 2.00. The third-order valence-corrected chi connectivity index (χ3v) is 3.08. The van der Waals surface area contributed by atoms with Gasteiger partial charge in [-0.2, -0.15) is 0 Å². The average Bonchev–Trinajstić information content (AvgIpc) is 2.72. The Bertz CT molecular complexity index is 577. The maximum Gasteiger partial charge on any atom is 0.312 e. The van der Waals surface area contributed by atoms with Crippen molar-refractivity contribution in [1.29, 1.82) is 0 Å². The Kier molecular flexibility index (Phi) is 4.01. The maximum absolute atomic E-state index is 10.6. The Labute approximate surface area is 112 Å². The molecule has 0 aliphatic carbocycles. The second-order valence-corrected chi connectivity index (χ2v) is 4.48. The molecule has 0 bridgehead atoms. The second kappa shape index (κ2) is 5.71. The topological polar surface area (TPSA) is 85.0 Å². The number of nitrogens with two attached hydrogens (primary N) is 1. The highest BCUT2D eigenvalue weighted by Gasteiger charge is 2.13. The van der Waals surface area contributed by atoms with Gasteiger partial charge in [-0.25, -0.2) is 9.78 Å². The Balaban J connectivity index is 2.03. The van der Waals surface area contributed by atoms with Gasteiger partial charge in [0.25, 0.3) is 0 Å². The Morgan fingerprint density at radius 1 is 1.42 bits per heavy atom. The van der Waals surface area contributed by atoms with Crippen LogP contribution >= 0.6 is 0 Å². The average molecular weight is 261 g/mol. The molecule has 0 saturated heterocycles. The number of para-hydroxylation sites is 2. The molecule has 2 rings (SSSR count). The van der Waals surface area contributed by atoms with Gasteiger partial charge in [-0.1, -0.05) is 12.1 Å². The number of aromatic nitrogens is 2. The highest BCUT2D eigenvalue weighted by atomic mass is 16.2. The normalized spacial score (nSPS) is 12.5. The Morgan fingerprint density at radius 3 is 2.84 bits per heavy atom. The molecule has 0 saturated carbocycles. The second-order valence-electron chi connectivity index (χ2n) is 4.48. The molecule has 6 nitrogen and oxygen atoms in total. The summed E-state index contributed by atoms with van der Waals surface area (Å²) >= 11 is 0. The van der Waals surface area contributed by atoms with Crippen molar-refractivity contribution in [3.63, 3.8) is 0 Å². The van der Waals surface area contributed by atoms with E-state index in [0.717, 1.165) is 16.9 Å². The number of nitrogens with zero attached hydrogens (tertiary/aromatic N) is 2. The van der Waals surface area contributed by atoms with Crippen molar-refractivity contribution in [2.45, 2.75) is 13.0 Å². The molecule has 0 aliphatic rings. The Hall–Kier alpha value is -2.08. The molecule has 4 N–H and O–H groups in total. The first-order chi connectivity index (χ1) is 9.09. The lowest BCUT2D eigenvalue weighted by atomic mass is 10.3. The van der Waals surface area contributed by atoms with E-state index in [9.17, 15) is 4.79 Å². The van der Waals surface area contributed by atoms with Crippen LogP contribution in [0.15, 0.2) is 24.3 Å². The molecular formula is C13H19N5O. The van der Waals surface area contributed by atoms with Gasteiger partial charge in [-0.3, -0.25) is 0 Å². The number of primary amides is 1. The zero-order chi connectivity index (χ0) is 13.8. The first-order valence-electron chi connectivity index (χ1n) is 6.27. The van der Waals surface area contributed by atoms with Crippen molar-refractivity contribution in [2.75, 3.05) is 13.1 Å². The highest BCUT2D eigenvalue weighted by molar-refractivity contribution is 5.75. The first kappa shape index (κ1) is 13.4. The van der Waals surface area contributed by atoms with E-state index in [1.54, 1.807) is 0 Å². The number of fused-ring (bicyclic) bond motifs is 1. The fourth-order valence-corrected chi connectivity index (χ4v) is 2.12. The maximum atomic E-state index is 10.6. The van der Waals surface area contributed by atoms with Crippen LogP contribution in [0.2, 0.25) is 0 Å². The van der Waals surface area contributed by atoms with Gasteiger partial charge < -0.3 is 20.9 Å². The standard InChI is InChI=1S/C13H19N5O/c1-9(15-7-8-16-13(14)19)12-17-10-5-3-4-6-11(10)18(12)2/h3-6,9,15H,7-8H2,1-2H3,(H3,14,16,19). The first-order valence-corrected chi connectivity index (χ1v) is 6.27. The van der Waals surface area contributed by atoms with Gasteiger partial charge in [0.1, 0.15) is 5.82 Å². The third-order valence-electron chi connectivity index (χ3n) is 3.08. The van der Waals surface area contributed by atoms with Crippen molar-refractivity contribution >= 4 is 17.1 Å². The van der Waals surface area contributed by atoms with Crippen LogP contribution in [0.25, 0.3) is 11.0 Å². The number of hydrogen-bond acceptors (Lipinski definition) is 3. The van der Waals surface area contributed by atoms with E-state index in [1.165, 1.54) is 0 Å². The van der Waals surface area contributed by atoms with Crippen LogP contribution < -0.4 is 16.4 Å². The van der Waals surface area contributed by atoms with E-state index in [-0.39, 0.29) is 6.04 Å². The summed E-state index contributed by atoms with van der Waals surface area (Å²) < 4.78 is 2.08. The van der Waals surface area contributed by atoms with E-state index >= 15 is 0 Å². The largest absolute Gasteiger partial charge is 0.352 e. The monoisotopic (exact) mass is 261 g/mol. The van der Waals surface area contributed by atoms with Gasteiger partial charge in [-0.15, -0.1) is 0 Å². The number of hydrogen-bond donors (Lipinski definition) is 3. The van der Waals surface area contributed by atoms with E-state index < -0.39 is 6.03 Å². The summed E-state index contributed by atoms with van der Waals surface area (Å²) in [5, 5.41) is 5.85. The van der Waals surface area contributed by atoms with Gasteiger partial charge in [0.2, 0.25) is 0 Å². The smallest absolute Gasteiger partial charge is 0.312 e. The lowest BCUT2D eigenvalue weighted by Gasteiger charge is -2.13. The summed E-state index contributed by atoms with van der Waals surface area (Å²) in [4.78, 5) is 15.2. The van der Waals surface area contributed by atoms with Crippen molar-refractivity contribution in [2.24, 2.45) is 12.8 Å². The third kappa shape index (κ3) is 3.03.